The maximum atomic E-state index is 12.4. The molecule has 8 heteroatoms. The summed E-state index contributed by atoms with van der Waals surface area (Å²) < 4.78 is 5.01. The Bertz CT molecular complexity index is 821. The summed E-state index contributed by atoms with van der Waals surface area (Å²) in [6, 6.07) is 6.48. The second kappa shape index (κ2) is 8.12. The number of nitrogens with zero attached hydrogens (tertiary/aromatic N) is 3. The highest BCUT2D eigenvalue weighted by molar-refractivity contribution is 9.10. The van der Waals surface area contributed by atoms with Crippen LogP contribution in [0.1, 0.15) is 24.4 Å². The van der Waals surface area contributed by atoms with E-state index in [2.05, 4.69) is 55.8 Å². The number of halogens is 2. The van der Waals surface area contributed by atoms with Crippen LogP contribution < -0.4 is 10.9 Å². The molecule has 0 amide bonds. The number of benzene rings is 1. The van der Waals surface area contributed by atoms with Crippen LogP contribution in [0.3, 0.4) is 0 Å². The van der Waals surface area contributed by atoms with Crippen LogP contribution in [-0.2, 0) is 0 Å². The molecule has 0 unspecified atom stereocenters. The van der Waals surface area contributed by atoms with Crippen molar-refractivity contribution in [3.05, 3.63) is 49.8 Å². The fourth-order valence-corrected chi connectivity index (χ4v) is 4.41. The van der Waals surface area contributed by atoms with Crippen LogP contribution in [0, 0.1) is 6.92 Å². The van der Waals surface area contributed by atoms with Gasteiger partial charge in [-0.05, 0) is 55.5 Å². The van der Waals surface area contributed by atoms with Gasteiger partial charge in [0, 0.05) is 29.5 Å². The Kier molecular flexibility index (Phi) is 6.09. The summed E-state index contributed by atoms with van der Waals surface area (Å²) in [7, 11) is 1.73. The smallest absolute Gasteiger partial charge is 0.287 e. The van der Waals surface area contributed by atoms with Crippen LogP contribution in [0.15, 0.2) is 38.6 Å². The van der Waals surface area contributed by atoms with Gasteiger partial charge in [0.05, 0.1) is 17.9 Å². The third-order valence-corrected chi connectivity index (χ3v) is 6.69. The standard InChI is InChI=1S/C17H20BrClN4OS/c1-11-9-13(3-4-14(11)18)25-22-7-5-12(6-8-22)23-17(24)16(19)15(20-2)10-21-23/h3-4,9-10,12,20H,5-8H2,1-2H3. The van der Waals surface area contributed by atoms with E-state index in [-0.39, 0.29) is 16.6 Å². The van der Waals surface area contributed by atoms with Crippen LogP contribution in [0.5, 0.6) is 0 Å². The summed E-state index contributed by atoms with van der Waals surface area (Å²) in [5.74, 6) is 0. The van der Waals surface area contributed by atoms with E-state index in [9.17, 15) is 4.79 Å². The lowest BCUT2D eigenvalue weighted by molar-refractivity contribution is 0.269. The first kappa shape index (κ1) is 18.8. The van der Waals surface area contributed by atoms with Gasteiger partial charge < -0.3 is 5.32 Å². The Labute approximate surface area is 165 Å². The molecule has 1 fully saturated rings. The molecule has 134 valence electrons. The highest BCUT2D eigenvalue weighted by Crippen LogP contribution is 2.31. The molecule has 1 saturated heterocycles. The van der Waals surface area contributed by atoms with E-state index in [4.69, 9.17) is 11.6 Å². The number of anilines is 1. The van der Waals surface area contributed by atoms with E-state index < -0.39 is 0 Å². The van der Waals surface area contributed by atoms with Crippen LogP contribution >= 0.6 is 39.5 Å². The van der Waals surface area contributed by atoms with Gasteiger partial charge in [0.2, 0.25) is 0 Å². The zero-order valence-corrected chi connectivity index (χ0v) is 17.3. The predicted octanol–water partition coefficient (Wildman–Crippen LogP) is 4.35. The second-order valence-electron chi connectivity index (χ2n) is 6.03. The Morgan fingerprint density at radius 3 is 2.72 bits per heavy atom. The fourth-order valence-electron chi connectivity index (χ4n) is 2.88. The highest BCUT2D eigenvalue weighted by atomic mass is 79.9. The summed E-state index contributed by atoms with van der Waals surface area (Å²) in [4.78, 5) is 13.6. The molecule has 0 radical (unpaired) electrons. The Balaban J connectivity index is 1.65. The molecule has 1 aliphatic rings. The number of rotatable bonds is 4. The molecule has 5 nitrogen and oxygen atoms in total. The molecule has 25 heavy (non-hydrogen) atoms. The van der Waals surface area contributed by atoms with Gasteiger partial charge in [-0.25, -0.2) is 8.99 Å². The largest absolute Gasteiger partial charge is 0.385 e. The van der Waals surface area contributed by atoms with Gasteiger partial charge >= 0.3 is 0 Å². The summed E-state index contributed by atoms with van der Waals surface area (Å²) in [6.45, 7) is 3.91. The summed E-state index contributed by atoms with van der Waals surface area (Å²) in [6.07, 6.45) is 3.38. The van der Waals surface area contributed by atoms with E-state index in [1.54, 1.807) is 25.2 Å². The van der Waals surface area contributed by atoms with Gasteiger partial charge in [-0.15, -0.1) is 0 Å². The molecule has 0 aliphatic carbocycles. The molecule has 2 aromatic rings. The zero-order chi connectivity index (χ0) is 18.0. The van der Waals surface area contributed by atoms with Crippen LogP contribution in [0.25, 0.3) is 0 Å². The lowest BCUT2D eigenvalue weighted by Gasteiger charge is -2.31. The third kappa shape index (κ3) is 4.22. The molecule has 1 aromatic heterocycles. The van der Waals surface area contributed by atoms with Gasteiger partial charge in [0.1, 0.15) is 5.02 Å². The number of nitrogens with one attached hydrogen (secondary N) is 1. The van der Waals surface area contributed by atoms with Crippen molar-refractivity contribution in [3.8, 4) is 0 Å². The summed E-state index contributed by atoms with van der Waals surface area (Å²) >= 11 is 11.4. The second-order valence-corrected chi connectivity index (χ2v) is 8.44. The third-order valence-electron chi connectivity index (χ3n) is 4.35. The maximum Gasteiger partial charge on any atom is 0.287 e. The van der Waals surface area contributed by atoms with Crippen molar-refractivity contribution in [2.24, 2.45) is 0 Å². The highest BCUT2D eigenvalue weighted by Gasteiger charge is 2.24. The predicted molar refractivity (Wildman–Crippen MR) is 108 cm³/mol. The minimum absolute atomic E-state index is 0.0967. The number of hydrogen-bond acceptors (Lipinski definition) is 5. The summed E-state index contributed by atoms with van der Waals surface area (Å²) in [5.41, 5.74) is 1.58. The quantitative estimate of drug-likeness (QED) is 0.712. The molecule has 0 atom stereocenters. The van der Waals surface area contributed by atoms with Crippen molar-refractivity contribution in [3.63, 3.8) is 0 Å². The van der Waals surface area contributed by atoms with Crippen molar-refractivity contribution < 1.29 is 0 Å². The first-order valence-corrected chi connectivity index (χ1v) is 10.1. The molecular formula is C17H20BrClN4OS. The number of aromatic nitrogens is 2. The summed E-state index contributed by atoms with van der Waals surface area (Å²) in [5, 5.41) is 7.38. The van der Waals surface area contributed by atoms with E-state index >= 15 is 0 Å². The van der Waals surface area contributed by atoms with Crippen molar-refractivity contribution in [1.29, 1.82) is 0 Å². The van der Waals surface area contributed by atoms with Crippen molar-refractivity contribution in [2.45, 2.75) is 30.7 Å². The molecule has 1 aliphatic heterocycles. The Morgan fingerprint density at radius 1 is 1.36 bits per heavy atom. The molecule has 1 N–H and O–H groups in total. The van der Waals surface area contributed by atoms with Crippen molar-refractivity contribution >= 4 is 45.2 Å². The van der Waals surface area contributed by atoms with Crippen LogP contribution in [-0.4, -0.2) is 34.2 Å². The molecule has 1 aromatic carbocycles. The maximum absolute atomic E-state index is 12.4. The monoisotopic (exact) mass is 442 g/mol. The molecular weight excluding hydrogens is 424 g/mol. The lowest BCUT2D eigenvalue weighted by atomic mass is 10.1. The minimum atomic E-state index is -0.219. The zero-order valence-electron chi connectivity index (χ0n) is 14.1. The molecule has 0 saturated carbocycles. The van der Waals surface area contributed by atoms with E-state index in [0.717, 1.165) is 30.4 Å². The van der Waals surface area contributed by atoms with Gasteiger partial charge in [-0.3, -0.25) is 4.79 Å². The van der Waals surface area contributed by atoms with Crippen molar-refractivity contribution in [2.75, 3.05) is 25.5 Å². The van der Waals surface area contributed by atoms with Gasteiger partial charge in [0.15, 0.2) is 0 Å². The van der Waals surface area contributed by atoms with Gasteiger partial charge in [-0.2, -0.15) is 5.10 Å². The Morgan fingerprint density at radius 2 is 2.08 bits per heavy atom. The minimum Gasteiger partial charge on any atom is -0.385 e. The first-order valence-electron chi connectivity index (χ1n) is 8.13. The van der Waals surface area contributed by atoms with Gasteiger partial charge in [0.25, 0.3) is 5.56 Å². The normalized spacial score (nSPS) is 16.2. The van der Waals surface area contributed by atoms with E-state index in [0.29, 0.717) is 5.69 Å². The van der Waals surface area contributed by atoms with Crippen LogP contribution in [0.2, 0.25) is 5.02 Å². The Hall–Kier alpha value is -1.02. The van der Waals surface area contributed by atoms with Crippen molar-refractivity contribution in [1.82, 2.24) is 14.1 Å². The number of aryl methyl sites for hydroxylation is 1. The number of piperidine rings is 1. The first-order chi connectivity index (χ1) is 12.0. The molecule has 0 bridgehead atoms. The number of hydrogen-bond donors (Lipinski definition) is 1. The van der Waals surface area contributed by atoms with E-state index in [1.165, 1.54) is 15.1 Å². The van der Waals surface area contributed by atoms with E-state index in [1.807, 2.05) is 0 Å². The van der Waals surface area contributed by atoms with Crippen LogP contribution in [0.4, 0.5) is 5.69 Å². The molecule has 0 spiro atoms. The SMILES string of the molecule is CNc1cnn(C2CCN(Sc3ccc(Br)c(C)c3)CC2)c(=O)c1Cl. The molecule has 2 heterocycles. The van der Waals surface area contributed by atoms with Gasteiger partial charge in [-0.1, -0.05) is 27.5 Å². The average molecular weight is 444 g/mol. The molecule has 3 rings (SSSR count). The average Bonchev–Trinajstić information content (AvgIpc) is 2.61. The fraction of sp³-hybridized carbons (Fsp3) is 0.412. The lowest BCUT2D eigenvalue weighted by Crippen LogP contribution is -2.36. The topological polar surface area (TPSA) is 50.2 Å².